The van der Waals surface area contributed by atoms with Gasteiger partial charge in [0.05, 0.1) is 0 Å². The maximum atomic E-state index is 3.79. The van der Waals surface area contributed by atoms with Crippen LogP contribution in [0.4, 0.5) is 0 Å². The fourth-order valence-corrected chi connectivity index (χ4v) is 3.77. The van der Waals surface area contributed by atoms with Crippen LogP contribution in [0.25, 0.3) is 0 Å². The summed E-state index contributed by atoms with van der Waals surface area (Å²) in [6, 6.07) is 1.29. The Morgan fingerprint density at radius 2 is 1.43 bits per heavy atom. The summed E-state index contributed by atoms with van der Waals surface area (Å²) in [5, 5.41) is 11.0. The first-order chi connectivity index (χ1) is 9.70. The molecule has 3 nitrogen and oxygen atoms in total. The fourth-order valence-electron chi connectivity index (χ4n) is 3.77. The quantitative estimate of drug-likeness (QED) is 0.571. The van der Waals surface area contributed by atoms with E-state index in [1.807, 2.05) is 0 Å². The van der Waals surface area contributed by atoms with Crippen molar-refractivity contribution >= 4 is 0 Å². The third-order valence-corrected chi connectivity index (χ3v) is 4.28. The molecule has 0 aromatic carbocycles. The highest BCUT2D eigenvalue weighted by Crippen LogP contribution is 2.28. The third kappa shape index (κ3) is 8.80. The maximum absolute atomic E-state index is 3.79. The molecule has 3 heteroatoms. The predicted molar refractivity (Wildman–Crippen MR) is 93.9 cm³/mol. The van der Waals surface area contributed by atoms with Gasteiger partial charge in [-0.2, -0.15) is 0 Å². The Kier molecular flexibility index (Phi) is 7.66. The predicted octanol–water partition coefficient (Wildman–Crippen LogP) is 3.44. The number of piperidine rings is 1. The number of hydrogen-bond acceptors (Lipinski definition) is 3. The van der Waals surface area contributed by atoms with Gasteiger partial charge in [0.25, 0.3) is 0 Å². The smallest absolute Gasteiger partial charge is 0.0144 e. The van der Waals surface area contributed by atoms with E-state index in [-0.39, 0.29) is 11.1 Å². The molecule has 0 spiro atoms. The summed E-state index contributed by atoms with van der Waals surface area (Å²) < 4.78 is 0. The fraction of sp³-hybridized carbons (Fsp3) is 1.00. The number of nitrogens with one attached hydrogen (secondary N) is 3. The summed E-state index contributed by atoms with van der Waals surface area (Å²) >= 11 is 0. The van der Waals surface area contributed by atoms with Crippen molar-refractivity contribution in [2.75, 3.05) is 13.1 Å². The Labute approximate surface area is 133 Å². The van der Waals surface area contributed by atoms with Gasteiger partial charge in [-0.15, -0.1) is 0 Å². The van der Waals surface area contributed by atoms with E-state index in [1.165, 1.54) is 51.6 Å². The summed E-state index contributed by atoms with van der Waals surface area (Å²) in [6.07, 6.45) is 7.79. The molecule has 0 atom stereocenters. The number of hydrogen-bond donors (Lipinski definition) is 3. The van der Waals surface area contributed by atoms with Crippen LogP contribution in [0, 0.1) is 0 Å². The molecule has 1 aliphatic heterocycles. The Hall–Kier alpha value is -0.120. The highest BCUT2D eigenvalue weighted by atomic mass is 15.1. The number of rotatable bonds is 9. The van der Waals surface area contributed by atoms with Gasteiger partial charge in [0.15, 0.2) is 0 Å². The Morgan fingerprint density at radius 3 is 1.95 bits per heavy atom. The zero-order valence-corrected chi connectivity index (χ0v) is 15.3. The average molecular weight is 298 g/mol. The first-order valence-corrected chi connectivity index (χ1v) is 8.96. The van der Waals surface area contributed by atoms with Crippen molar-refractivity contribution in [3.8, 4) is 0 Å². The van der Waals surface area contributed by atoms with Crippen LogP contribution in [0.15, 0.2) is 0 Å². The maximum Gasteiger partial charge on any atom is 0.0144 e. The van der Waals surface area contributed by atoms with Gasteiger partial charge < -0.3 is 16.0 Å². The molecule has 1 aliphatic rings. The zero-order chi connectivity index (χ0) is 15.9. The van der Waals surface area contributed by atoms with Gasteiger partial charge in [0, 0.05) is 23.2 Å². The van der Waals surface area contributed by atoms with Gasteiger partial charge in [-0.3, -0.25) is 0 Å². The molecule has 0 bridgehead atoms. The minimum atomic E-state index is 0.252. The van der Waals surface area contributed by atoms with E-state index < -0.39 is 0 Å². The average Bonchev–Trinajstić information content (AvgIpc) is 2.28. The van der Waals surface area contributed by atoms with Crippen LogP contribution in [0.1, 0.15) is 80.1 Å². The lowest BCUT2D eigenvalue weighted by atomic mass is 9.79. The molecule has 1 saturated heterocycles. The summed E-state index contributed by atoms with van der Waals surface area (Å²) in [5.74, 6) is 0. The van der Waals surface area contributed by atoms with Crippen LogP contribution in [-0.2, 0) is 0 Å². The van der Waals surface area contributed by atoms with Crippen molar-refractivity contribution in [3.63, 3.8) is 0 Å². The van der Waals surface area contributed by atoms with Gasteiger partial charge >= 0.3 is 0 Å². The molecule has 21 heavy (non-hydrogen) atoms. The molecule has 3 N–H and O–H groups in total. The lowest BCUT2D eigenvalue weighted by molar-refractivity contribution is 0.146. The minimum Gasteiger partial charge on any atom is -0.315 e. The molecule has 0 amide bonds. The summed E-state index contributed by atoms with van der Waals surface area (Å²) in [5.41, 5.74) is 0.504. The van der Waals surface area contributed by atoms with Crippen molar-refractivity contribution in [1.29, 1.82) is 0 Å². The Morgan fingerprint density at radius 1 is 0.905 bits per heavy atom. The Bertz CT molecular complexity index is 268. The Balaban J connectivity index is 2.07. The summed E-state index contributed by atoms with van der Waals surface area (Å²) in [7, 11) is 0. The van der Waals surface area contributed by atoms with Crippen LogP contribution in [-0.4, -0.2) is 36.3 Å². The van der Waals surface area contributed by atoms with Crippen LogP contribution >= 0.6 is 0 Å². The molecule has 1 heterocycles. The first kappa shape index (κ1) is 18.9. The van der Waals surface area contributed by atoms with E-state index >= 15 is 0 Å². The third-order valence-electron chi connectivity index (χ3n) is 4.28. The van der Waals surface area contributed by atoms with E-state index in [1.54, 1.807) is 0 Å². The second-order valence-corrected chi connectivity index (χ2v) is 8.48. The second-order valence-electron chi connectivity index (χ2n) is 8.48. The van der Waals surface area contributed by atoms with Gasteiger partial charge in [-0.1, -0.05) is 26.7 Å². The molecular weight excluding hydrogens is 258 g/mol. The molecular formula is C18H39N3. The normalized spacial score (nSPS) is 21.9. The van der Waals surface area contributed by atoms with Crippen LogP contribution in [0.3, 0.4) is 0 Å². The highest BCUT2D eigenvalue weighted by molar-refractivity contribution is 4.99. The molecule has 0 saturated carbocycles. The van der Waals surface area contributed by atoms with E-state index in [4.69, 9.17) is 0 Å². The molecule has 126 valence electrons. The van der Waals surface area contributed by atoms with E-state index in [2.05, 4.69) is 57.5 Å². The van der Waals surface area contributed by atoms with Crippen molar-refractivity contribution < 1.29 is 0 Å². The van der Waals surface area contributed by atoms with Gasteiger partial charge in [-0.05, 0) is 66.5 Å². The van der Waals surface area contributed by atoms with Crippen molar-refractivity contribution in [2.45, 2.75) is 103 Å². The monoisotopic (exact) mass is 297 g/mol. The topological polar surface area (TPSA) is 36.1 Å². The molecule has 1 rings (SSSR count). The highest BCUT2D eigenvalue weighted by Gasteiger charge is 2.37. The van der Waals surface area contributed by atoms with Crippen molar-refractivity contribution in [1.82, 2.24) is 16.0 Å². The molecule has 0 unspecified atom stereocenters. The molecule has 0 radical (unpaired) electrons. The lowest BCUT2D eigenvalue weighted by Crippen LogP contribution is -2.61. The van der Waals surface area contributed by atoms with Gasteiger partial charge in [0.1, 0.15) is 0 Å². The SMILES string of the molecule is CC(C)NCCCCCCNC1CC(C)(C)NC(C)(C)C1. The van der Waals surface area contributed by atoms with E-state index in [0.717, 1.165) is 0 Å². The second kappa shape index (κ2) is 8.50. The van der Waals surface area contributed by atoms with Gasteiger partial charge in [-0.25, -0.2) is 0 Å². The molecule has 0 aromatic rings. The van der Waals surface area contributed by atoms with Gasteiger partial charge in [0.2, 0.25) is 0 Å². The standard InChI is InChI=1S/C18H39N3/c1-15(2)19-11-9-7-8-10-12-20-16-13-17(3,4)21-18(5,6)14-16/h15-16,19-21H,7-14H2,1-6H3. The van der Waals surface area contributed by atoms with Crippen molar-refractivity contribution in [2.24, 2.45) is 0 Å². The van der Waals surface area contributed by atoms with Crippen molar-refractivity contribution in [3.05, 3.63) is 0 Å². The van der Waals surface area contributed by atoms with E-state index in [9.17, 15) is 0 Å². The lowest BCUT2D eigenvalue weighted by Gasteiger charge is -2.46. The summed E-state index contributed by atoms with van der Waals surface area (Å²) in [6.45, 7) is 16.1. The van der Waals surface area contributed by atoms with Crippen LogP contribution in [0.2, 0.25) is 0 Å². The molecule has 1 fully saturated rings. The number of unbranched alkanes of at least 4 members (excludes halogenated alkanes) is 3. The van der Waals surface area contributed by atoms with Crippen LogP contribution < -0.4 is 16.0 Å². The largest absolute Gasteiger partial charge is 0.315 e. The zero-order valence-electron chi connectivity index (χ0n) is 15.3. The molecule has 0 aromatic heterocycles. The summed E-state index contributed by atoms with van der Waals surface area (Å²) in [4.78, 5) is 0. The molecule has 0 aliphatic carbocycles. The minimum absolute atomic E-state index is 0.252. The van der Waals surface area contributed by atoms with E-state index in [0.29, 0.717) is 12.1 Å². The van der Waals surface area contributed by atoms with Crippen LogP contribution in [0.5, 0.6) is 0 Å². The first-order valence-electron chi connectivity index (χ1n) is 8.96.